The summed E-state index contributed by atoms with van der Waals surface area (Å²) in [6.45, 7) is 2.18. The van der Waals surface area contributed by atoms with Crippen LogP contribution in [0.2, 0.25) is 0 Å². The molecule has 0 fully saturated rings. The molecule has 0 bridgehead atoms. The predicted molar refractivity (Wildman–Crippen MR) is 40.3 cm³/mol. The number of rotatable bonds is 6. The smallest absolute Gasteiger partial charge is 0.0311 e. The molecule has 0 unspecified atom stereocenters. The first-order valence-corrected chi connectivity index (χ1v) is 4.26. The summed E-state index contributed by atoms with van der Waals surface area (Å²) in [5.74, 6) is 0.899. The molecular weight excluding hydrogens is 136 g/mol. The van der Waals surface area contributed by atoms with Gasteiger partial charge in [-0.05, 0) is 6.42 Å². The van der Waals surface area contributed by atoms with Gasteiger partial charge >= 0.3 is 0 Å². The summed E-state index contributed by atoms with van der Waals surface area (Å²) in [5.41, 5.74) is 0. The third kappa shape index (κ3) is 8.27. The Kier molecular flexibility index (Phi) is 8.52. The van der Waals surface area contributed by atoms with Crippen molar-refractivity contribution < 1.29 is 9.59 Å². The van der Waals surface area contributed by atoms with Gasteiger partial charge in [0.15, 0.2) is 0 Å². The maximum Gasteiger partial charge on any atom is 0.0311 e. The summed E-state index contributed by atoms with van der Waals surface area (Å²) in [5, 5.41) is 7.89. The second-order valence-corrected chi connectivity index (χ2v) is 2.75. The van der Waals surface area contributed by atoms with E-state index in [4.69, 9.17) is 5.26 Å². The molecule has 1 N–H and O–H groups in total. The average Bonchev–Trinajstić information content (AvgIpc) is 1.89. The van der Waals surface area contributed by atoms with Crippen LogP contribution in [0.3, 0.4) is 0 Å². The summed E-state index contributed by atoms with van der Waals surface area (Å²) in [6.07, 6.45) is 4.92. The van der Waals surface area contributed by atoms with Crippen molar-refractivity contribution >= 4 is 12.0 Å². The van der Waals surface area contributed by atoms with Crippen LogP contribution in [0.1, 0.15) is 32.6 Å². The highest BCUT2D eigenvalue weighted by Gasteiger charge is 1.87. The van der Waals surface area contributed by atoms with Crippen LogP contribution in [0.5, 0.6) is 0 Å². The van der Waals surface area contributed by atoms with E-state index in [1.807, 2.05) is 0 Å². The molecule has 0 radical (unpaired) electrons. The zero-order valence-electron chi connectivity index (χ0n) is 5.80. The van der Waals surface area contributed by atoms with E-state index in [0.717, 1.165) is 24.2 Å². The molecule has 0 atom stereocenters. The van der Waals surface area contributed by atoms with E-state index in [-0.39, 0.29) is 0 Å². The normalized spacial score (nSPS) is 10.0. The highest BCUT2D eigenvalue weighted by atomic mass is 32.2. The average molecular weight is 150 g/mol. The van der Waals surface area contributed by atoms with Crippen molar-refractivity contribution in [3.8, 4) is 0 Å². The van der Waals surface area contributed by atoms with E-state index < -0.39 is 0 Å². The van der Waals surface area contributed by atoms with Crippen molar-refractivity contribution in [2.75, 3.05) is 5.75 Å². The lowest BCUT2D eigenvalue weighted by Gasteiger charge is -1.94. The molecule has 0 saturated heterocycles. The van der Waals surface area contributed by atoms with Crippen LogP contribution in [-0.2, 0) is 4.33 Å². The third-order valence-electron chi connectivity index (χ3n) is 1.13. The summed E-state index contributed by atoms with van der Waals surface area (Å²) >= 11 is 1.11. The Morgan fingerprint density at radius 3 is 2.67 bits per heavy atom. The van der Waals surface area contributed by atoms with Gasteiger partial charge in [-0.1, -0.05) is 26.2 Å². The molecular formula is C6H14O2S. The topological polar surface area (TPSA) is 29.5 Å². The second-order valence-electron chi connectivity index (χ2n) is 1.96. The van der Waals surface area contributed by atoms with Crippen LogP contribution >= 0.6 is 12.0 Å². The lowest BCUT2D eigenvalue weighted by Crippen LogP contribution is -1.80. The predicted octanol–water partition coefficient (Wildman–Crippen LogP) is 2.70. The monoisotopic (exact) mass is 150 g/mol. The molecule has 0 aliphatic carbocycles. The van der Waals surface area contributed by atoms with E-state index in [1.54, 1.807) is 0 Å². The molecule has 3 heteroatoms. The molecule has 0 aliphatic heterocycles. The van der Waals surface area contributed by atoms with Gasteiger partial charge in [0.25, 0.3) is 0 Å². The summed E-state index contributed by atoms with van der Waals surface area (Å²) in [6, 6.07) is 0. The number of hydrogen-bond acceptors (Lipinski definition) is 3. The Bertz CT molecular complexity index is 44.3. The maximum absolute atomic E-state index is 7.89. The highest BCUT2D eigenvalue weighted by Crippen LogP contribution is 2.06. The van der Waals surface area contributed by atoms with Crippen LogP contribution in [0.4, 0.5) is 0 Å². The molecule has 0 saturated carbocycles. The summed E-state index contributed by atoms with van der Waals surface area (Å²) < 4.78 is 3.84. The van der Waals surface area contributed by atoms with Gasteiger partial charge < -0.3 is 0 Å². The molecule has 0 amide bonds. The molecule has 0 aromatic rings. The Labute approximate surface area is 60.7 Å². The fourth-order valence-corrected chi connectivity index (χ4v) is 1.02. The highest BCUT2D eigenvalue weighted by molar-refractivity contribution is 7.94. The third-order valence-corrected chi connectivity index (χ3v) is 1.69. The Balaban J connectivity index is 2.60. The van der Waals surface area contributed by atoms with Crippen molar-refractivity contribution in [3.63, 3.8) is 0 Å². The lowest BCUT2D eigenvalue weighted by molar-refractivity contribution is -0.116. The fourth-order valence-electron chi connectivity index (χ4n) is 0.625. The number of hydrogen-bond donors (Lipinski definition) is 1. The lowest BCUT2D eigenvalue weighted by atomic mass is 10.2. The summed E-state index contributed by atoms with van der Waals surface area (Å²) in [4.78, 5) is 0. The SMILES string of the molecule is CCCCCCSOO. The van der Waals surface area contributed by atoms with Crippen LogP contribution in [-0.4, -0.2) is 11.0 Å². The fraction of sp³-hybridized carbons (Fsp3) is 1.00. The van der Waals surface area contributed by atoms with Gasteiger partial charge in [0.05, 0.1) is 0 Å². The van der Waals surface area contributed by atoms with Crippen LogP contribution in [0, 0.1) is 0 Å². The van der Waals surface area contributed by atoms with E-state index in [2.05, 4.69) is 11.3 Å². The van der Waals surface area contributed by atoms with Crippen molar-refractivity contribution in [2.45, 2.75) is 32.6 Å². The Morgan fingerprint density at radius 2 is 2.11 bits per heavy atom. The largest absolute Gasteiger partial charge is 0.239 e. The van der Waals surface area contributed by atoms with Gasteiger partial charge in [-0.2, -0.15) is 4.33 Å². The van der Waals surface area contributed by atoms with E-state index in [9.17, 15) is 0 Å². The van der Waals surface area contributed by atoms with Crippen molar-refractivity contribution in [1.29, 1.82) is 0 Å². The minimum absolute atomic E-state index is 0.899. The second kappa shape index (κ2) is 8.27. The van der Waals surface area contributed by atoms with E-state index in [0.29, 0.717) is 0 Å². The van der Waals surface area contributed by atoms with Crippen LogP contribution < -0.4 is 0 Å². The van der Waals surface area contributed by atoms with Gasteiger partial charge in [-0.15, -0.1) is 0 Å². The minimum atomic E-state index is 0.899. The zero-order valence-corrected chi connectivity index (χ0v) is 6.62. The van der Waals surface area contributed by atoms with Gasteiger partial charge in [-0.3, -0.25) is 0 Å². The van der Waals surface area contributed by atoms with Gasteiger partial charge in [-0.25, -0.2) is 5.26 Å². The molecule has 9 heavy (non-hydrogen) atoms. The van der Waals surface area contributed by atoms with Crippen LogP contribution in [0.25, 0.3) is 0 Å². The Morgan fingerprint density at radius 1 is 1.33 bits per heavy atom. The van der Waals surface area contributed by atoms with Crippen molar-refractivity contribution in [1.82, 2.24) is 0 Å². The van der Waals surface area contributed by atoms with Gasteiger partial charge in [0, 0.05) is 17.8 Å². The van der Waals surface area contributed by atoms with Gasteiger partial charge in [0.1, 0.15) is 0 Å². The minimum Gasteiger partial charge on any atom is -0.239 e. The molecule has 0 rings (SSSR count). The van der Waals surface area contributed by atoms with E-state index >= 15 is 0 Å². The standard InChI is InChI=1S/C6H14O2S/c1-2-3-4-5-6-9-8-7/h7H,2-6H2,1H3. The van der Waals surface area contributed by atoms with Gasteiger partial charge in [0.2, 0.25) is 0 Å². The van der Waals surface area contributed by atoms with Crippen LogP contribution in [0.15, 0.2) is 0 Å². The number of unbranched alkanes of at least 4 members (excludes halogenated alkanes) is 3. The first kappa shape index (κ1) is 9.27. The summed E-state index contributed by atoms with van der Waals surface area (Å²) in [7, 11) is 0. The quantitative estimate of drug-likeness (QED) is 0.273. The molecule has 0 aromatic heterocycles. The molecule has 2 nitrogen and oxygen atoms in total. The zero-order chi connectivity index (χ0) is 6.95. The Hall–Kier alpha value is 0.270. The van der Waals surface area contributed by atoms with E-state index in [1.165, 1.54) is 19.3 Å². The molecule has 56 valence electrons. The first-order chi connectivity index (χ1) is 4.41. The van der Waals surface area contributed by atoms with Crippen molar-refractivity contribution in [3.05, 3.63) is 0 Å². The molecule has 0 heterocycles. The molecule has 0 spiro atoms. The molecule has 0 aliphatic rings. The van der Waals surface area contributed by atoms with Crippen molar-refractivity contribution in [2.24, 2.45) is 0 Å². The maximum atomic E-state index is 7.89. The molecule has 0 aromatic carbocycles. The first-order valence-electron chi connectivity index (χ1n) is 3.35.